The highest BCUT2D eigenvalue weighted by Gasteiger charge is 2.22. The van der Waals surface area contributed by atoms with Crippen LogP contribution in [0.3, 0.4) is 0 Å². The van der Waals surface area contributed by atoms with Crippen molar-refractivity contribution in [3.63, 3.8) is 0 Å². The average Bonchev–Trinajstić information content (AvgIpc) is 3.67. The van der Waals surface area contributed by atoms with Gasteiger partial charge in [0.25, 0.3) is 0 Å². The molecule has 0 spiro atoms. The van der Waals surface area contributed by atoms with Crippen LogP contribution in [-0.2, 0) is 0 Å². The summed E-state index contributed by atoms with van der Waals surface area (Å²) in [7, 11) is 0. The summed E-state index contributed by atoms with van der Waals surface area (Å²) in [6.07, 6.45) is 0. The second-order valence-corrected chi connectivity index (χ2v) is 16.0. The van der Waals surface area contributed by atoms with E-state index in [2.05, 4.69) is 253 Å². The molecular weight excluding hydrogens is 739 g/mol. The van der Waals surface area contributed by atoms with E-state index < -0.39 is 0 Å². The average molecular weight is 782 g/mol. The fraction of sp³-hybridized carbons (Fsp3) is 0.0345. The summed E-state index contributed by atoms with van der Waals surface area (Å²) in [5.74, 6) is 0. The van der Waals surface area contributed by atoms with Gasteiger partial charge in [-0.05, 0) is 132 Å². The number of hydrogen-bond acceptors (Lipinski definition) is 2. The molecule has 290 valence electrons. The number of rotatable bonds is 8. The van der Waals surface area contributed by atoms with Crippen LogP contribution in [-0.4, -0.2) is 4.57 Å². The number of aromatic nitrogens is 1. The van der Waals surface area contributed by atoms with E-state index in [1.807, 2.05) is 0 Å². The molecule has 0 saturated heterocycles. The van der Waals surface area contributed by atoms with E-state index >= 15 is 0 Å². The highest BCUT2D eigenvalue weighted by molar-refractivity contribution is 6.32. The Hall–Kier alpha value is -7.88. The zero-order chi connectivity index (χ0) is 40.9. The molecule has 0 atom stereocenters. The third-order valence-corrected chi connectivity index (χ3v) is 12.0. The lowest BCUT2D eigenvalue weighted by molar-refractivity contribution is 1.19. The van der Waals surface area contributed by atoms with E-state index in [1.165, 1.54) is 54.5 Å². The van der Waals surface area contributed by atoms with Crippen molar-refractivity contribution in [3.8, 4) is 16.8 Å². The number of anilines is 6. The third-order valence-electron chi connectivity index (χ3n) is 12.0. The minimum absolute atomic E-state index is 1.07. The standard InChI is InChI=1S/C58H43N3/c1-40-26-31-47(32-27-40)59(44-16-6-3-7-17-44)49-36-43(37-50(39-49)60(45-18-8-4-9-19-45)48-33-28-41(2)29-34-48)42-30-35-56-55(38-42)57-53-24-14-12-22-51(53)52-23-13-15-25-54(52)58(57)61(56)46-20-10-5-11-21-46/h3-39H,1-2H3. The number of fused-ring (bicyclic) bond motifs is 8. The molecule has 0 aliphatic carbocycles. The molecule has 11 aromatic rings. The summed E-state index contributed by atoms with van der Waals surface area (Å²) in [5, 5.41) is 7.52. The van der Waals surface area contributed by atoms with Crippen molar-refractivity contribution in [2.24, 2.45) is 0 Å². The van der Waals surface area contributed by atoms with E-state index in [-0.39, 0.29) is 0 Å². The Morgan fingerprint density at radius 1 is 0.311 bits per heavy atom. The van der Waals surface area contributed by atoms with Gasteiger partial charge >= 0.3 is 0 Å². The van der Waals surface area contributed by atoms with Gasteiger partial charge in [-0.15, -0.1) is 0 Å². The zero-order valence-electron chi connectivity index (χ0n) is 34.2. The van der Waals surface area contributed by atoms with E-state index in [0.29, 0.717) is 0 Å². The highest BCUT2D eigenvalue weighted by atomic mass is 15.2. The number of benzene rings is 10. The maximum absolute atomic E-state index is 2.47. The van der Waals surface area contributed by atoms with E-state index in [4.69, 9.17) is 0 Å². The first kappa shape index (κ1) is 36.2. The van der Waals surface area contributed by atoms with E-state index in [9.17, 15) is 0 Å². The monoisotopic (exact) mass is 781 g/mol. The van der Waals surface area contributed by atoms with Crippen LogP contribution in [0.25, 0.3) is 60.2 Å². The Bertz CT molecular complexity index is 3240. The predicted molar refractivity (Wildman–Crippen MR) is 260 cm³/mol. The number of hydrogen-bond donors (Lipinski definition) is 0. The lowest BCUT2D eigenvalue weighted by Crippen LogP contribution is -2.13. The van der Waals surface area contributed by atoms with Crippen molar-refractivity contribution in [1.82, 2.24) is 4.57 Å². The summed E-state index contributed by atoms with van der Waals surface area (Å²) in [5.41, 5.74) is 14.8. The van der Waals surface area contributed by atoms with Gasteiger partial charge in [0.15, 0.2) is 0 Å². The van der Waals surface area contributed by atoms with Crippen LogP contribution in [0.1, 0.15) is 11.1 Å². The first-order chi connectivity index (χ1) is 30.1. The Morgan fingerprint density at radius 3 is 1.30 bits per heavy atom. The molecule has 0 aliphatic rings. The van der Waals surface area contributed by atoms with Gasteiger partial charge in [0.05, 0.1) is 11.0 Å². The fourth-order valence-corrected chi connectivity index (χ4v) is 9.16. The van der Waals surface area contributed by atoms with Crippen molar-refractivity contribution in [1.29, 1.82) is 0 Å². The highest BCUT2D eigenvalue weighted by Crippen LogP contribution is 2.46. The van der Waals surface area contributed by atoms with Gasteiger partial charge in [-0.2, -0.15) is 0 Å². The Morgan fingerprint density at radius 2 is 0.754 bits per heavy atom. The van der Waals surface area contributed by atoms with Crippen LogP contribution in [0.5, 0.6) is 0 Å². The largest absolute Gasteiger partial charge is 0.310 e. The van der Waals surface area contributed by atoms with Gasteiger partial charge in [-0.3, -0.25) is 0 Å². The minimum Gasteiger partial charge on any atom is -0.310 e. The molecule has 0 aliphatic heterocycles. The van der Waals surface area contributed by atoms with Gasteiger partial charge in [0, 0.05) is 56.0 Å². The third kappa shape index (κ3) is 6.39. The van der Waals surface area contributed by atoms with Crippen molar-refractivity contribution in [3.05, 3.63) is 236 Å². The molecule has 0 N–H and O–H groups in total. The maximum Gasteiger partial charge on any atom is 0.0625 e. The minimum atomic E-state index is 1.07. The SMILES string of the molecule is Cc1ccc(N(c2ccccc2)c2cc(-c3ccc4c(c3)c3c5ccccc5c5ccccc5c3n4-c3ccccc3)cc(N(c3ccccc3)c3ccc(C)cc3)c2)cc1. The molecule has 0 saturated carbocycles. The molecule has 0 amide bonds. The lowest BCUT2D eigenvalue weighted by atomic mass is 9.95. The molecule has 3 nitrogen and oxygen atoms in total. The van der Waals surface area contributed by atoms with Crippen LogP contribution in [0.2, 0.25) is 0 Å². The number of nitrogens with zero attached hydrogens (tertiary/aromatic N) is 3. The smallest absolute Gasteiger partial charge is 0.0625 e. The molecule has 11 rings (SSSR count). The summed E-state index contributed by atoms with van der Waals surface area (Å²) < 4.78 is 2.47. The van der Waals surface area contributed by atoms with Gasteiger partial charge in [0.2, 0.25) is 0 Å². The second-order valence-electron chi connectivity index (χ2n) is 16.0. The summed E-state index contributed by atoms with van der Waals surface area (Å²) >= 11 is 0. The Kier molecular flexibility index (Phi) is 8.94. The fourth-order valence-electron chi connectivity index (χ4n) is 9.16. The molecule has 61 heavy (non-hydrogen) atoms. The molecule has 0 radical (unpaired) electrons. The van der Waals surface area contributed by atoms with Crippen molar-refractivity contribution in [2.45, 2.75) is 13.8 Å². The maximum atomic E-state index is 2.47. The first-order valence-electron chi connectivity index (χ1n) is 21.0. The molecule has 1 aromatic heterocycles. The predicted octanol–water partition coefficient (Wildman–Crippen LogP) is 16.3. The molecule has 0 fully saturated rings. The number of aryl methyl sites for hydroxylation is 2. The molecule has 0 bridgehead atoms. The molecule has 10 aromatic carbocycles. The first-order valence-corrected chi connectivity index (χ1v) is 21.0. The van der Waals surface area contributed by atoms with Gasteiger partial charge in [0.1, 0.15) is 0 Å². The molecule has 0 unspecified atom stereocenters. The van der Waals surface area contributed by atoms with Gasteiger partial charge in [-0.25, -0.2) is 0 Å². The van der Waals surface area contributed by atoms with E-state index in [0.717, 1.165) is 50.9 Å². The van der Waals surface area contributed by atoms with Crippen LogP contribution in [0.4, 0.5) is 34.1 Å². The second kappa shape index (κ2) is 15.1. The molecule has 1 heterocycles. The lowest BCUT2D eigenvalue weighted by Gasteiger charge is -2.30. The van der Waals surface area contributed by atoms with Crippen LogP contribution < -0.4 is 9.80 Å². The van der Waals surface area contributed by atoms with Crippen LogP contribution in [0, 0.1) is 13.8 Å². The van der Waals surface area contributed by atoms with Crippen molar-refractivity contribution in [2.75, 3.05) is 9.80 Å². The summed E-state index contributed by atoms with van der Waals surface area (Å²) in [4.78, 5) is 4.76. The van der Waals surface area contributed by atoms with E-state index in [1.54, 1.807) is 0 Å². The van der Waals surface area contributed by atoms with Crippen LogP contribution in [0.15, 0.2) is 224 Å². The number of para-hydroxylation sites is 3. The Balaban J connectivity index is 1.23. The Labute approximate surface area is 356 Å². The summed E-state index contributed by atoms with van der Waals surface area (Å²) in [6.45, 7) is 4.29. The van der Waals surface area contributed by atoms with Crippen molar-refractivity contribution >= 4 is 77.5 Å². The normalized spacial score (nSPS) is 11.4. The molecular formula is C58H43N3. The topological polar surface area (TPSA) is 11.4 Å². The molecule has 3 heteroatoms. The van der Waals surface area contributed by atoms with Gasteiger partial charge < -0.3 is 14.4 Å². The van der Waals surface area contributed by atoms with Crippen LogP contribution >= 0.6 is 0 Å². The summed E-state index contributed by atoms with van der Waals surface area (Å²) in [6, 6.07) is 81.8. The zero-order valence-corrected chi connectivity index (χ0v) is 34.2. The van der Waals surface area contributed by atoms with Gasteiger partial charge in [-0.1, -0.05) is 145 Å². The van der Waals surface area contributed by atoms with Crippen molar-refractivity contribution < 1.29 is 0 Å². The quantitative estimate of drug-likeness (QED) is 0.142.